The highest BCUT2D eigenvalue weighted by Crippen LogP contribution is 2.33. The van der Waals surface area contributed by atoms with E-state index in [4.69, 9.17) is 21.1 Å². The van der Waals surface area contributed by atoms with Gasteiger partial charge in [-0.25, -0.2) is 4.68 Å². The molecule has 0 N–H and O–H groups in total. The molecule has 0 radical (unpaired) electrons. The predicted molar refractivity (Wildman–Crippen MR) is 82.6 cm³/mol. The van der Waals surface area contributed by atoms with Gasteiger partial charge in [-0.1, -0.05) is 30.2 Å². The summed E-state index contributed by atoms with van der Waals surface area (Å²) in [5, 5.41) is 4.83. The van der Waals surface area contributed by atoms with Crippen molar-refractivity contribution < 1.29 is 9.47 Å². The molecular formula is C16H19ClN2O2. The van der Waals surface area contributed by atoms with Crippen LogP contribution in [0.2, 0.25) is 5.15 Å². The van der Waals surface area contributed by atoms with Gasteiger partial charge >= 0.3 is 0 Å². The zero-order valence-corrected chi connectivity index (χ0v) is 12.8. The maximum absolute atomic E-state index is 6.43. The molecule has 0 bridgehead atoms. The van der Waals surface area contributed by atoms with Gasteiger partial charge in [0, 0.05) is 0 Å². The van der Waals surface area contributed by atoms with Gasteiger partial charge < -0.3 is 9.47 Å². The number of hydrogen-bond donors (Lipinski definition) is 0. The minimum Gasteiger partial charge on any atom is -0.494 e. The van der Waals surface area contributed by atoms with E-state index in [1.807, 2.05) is 24.3 Å². The predicted octanol–water partition coefficient (Wildman–Crippen LogP) is 4.25. The highest BCUT2D eigenvalue weighted by atomic mass is 35.5. The van der Waals surface area contributed by atoms with E-state index in [9.17, 15) is 0 Å². The largest absolute Gasteiger partial charge is 0.494 e. The normalized spacial score (nSPS) is 15.9. The molecule has 0 spiro atoms. The molecule has 1 aromatic carbocycles. The van der Waals surface area contributed by atoms with Gasteiger partial charge in [0.15, 0.2) is 10.9 Å². The molecule has 0 aliphatic heterocycles. The highest BCUT2D eigenvalue weighted by Gasteiger charge is 2.19. The summed E-state index contributed by atoms with van der Waals surface area (Å²) < 4.78 is 13.0. The Morgan fingerprint density at radius 3 is 2.67 bits per heavy atom. The first kappa shape index (κ1) is 14.3. The Morgan fingerprint density at radius 2 is 1.90 bits per heavy atom. The van der Waals surface area contributed by atoms with Gasteiger partial charge in [0.25, 0.3) is 0 Å². The fraction of sp³-hybridized carbons (Fsp3) is 0.438. The van der Waals surface area contributed by atoms with Crippen LogP contribution in [0.1, 0.15) is 32.1 Å². The number of methoxy groups -OCH3 is 1. The number of ether oxygens (including phenoxy) is 2. The van der Waals surface area contributed by atoms with Crippen molar-refractivity contribution in [2.45, 2.75) is 38.2 Å². The third kappa shape index (κ3) is 3.00. The van der Waals surface area contributed by atoms with Crippen molar-refractivity contribution in [3.63, 3.8) is 0 Å². The highest BCUT2D eigenvalue weighted by molar-refractivity contribution is 6.31. The Hall–Kier alpha value is -1.68. The minimum atomic E-state index is 0.256. The standard InChI is InChI=1S/C16H19ClN2O2/c1-20-14-10-6-5-9-13(14)19-16(17)15(11-18-19)21-12-7-3-2-4-8-12/h5-6,9-12H,2-4,7-8H2,1H3. The van der Waals surface area contributed by atoms with Gasteiger partial charge in [-0.15, -0.1) is 0 Å². The molecule has 1 heterocycles. The van der Waals surface area contributed by atoms with Crippen LogP contribution in [0.25, 0.3) is 5.69 Å². The van der Waals surface area contributed by atoms with E-state index in [2.05, 4.69) is 5.10 Å². The fourth-order valence-corrected chi connectivity index (χ4v) is 2.96. The molecule has 1 aromatic heterocycles. The number of halogens is 1. The smallest absolute Gasteiger partial charge is 0.177 e. The molecule has 21 heavy (non-hydrogen) atoms. The van der Waals surface area contributed by atoms with Crippen molar-refractivity contribution in [2.24, 2.45) is 0 Å². The van der Waals surface area contributed by atoms with Gasteiger partial charge in [-0.2, -0.15) is 5.10 Å². The summed E-state index contributed by atoms with van der Waals surface area (Å²) >= 11 is 6.43. The molecule has 0 amide bonds. The Morgan fingerprint density at radius 1 is 1.14 bits per heavy atom. The van der Waals surface area contributed by atoms with E-state index in [1.54, 1.807) is 18.0 Å². The second-order valence-corrected chi connectivity index (χ2v) is 5.62. The van der Waals surface area contributed by atoms with Gasteiger partial charge in [0.05, 0.1) is 19.4 Å². The first-order chi connectivity index (χ1) is 10.3. The summed E-state index contributed by atoms with van der Waals surface area (Å²) in [6.07, 6.45) is 7.88. The van der Waals surface area contributed by atoms with E-state index in [1.165, 1.54) is 19.3 Å². The first-order valence-corrected chi connectivity index (χ1v) is 7.71. The molecule has 0 atom stereocenters. The van der Waals surface area contributed by atoms with Crippen LogP contribution in [0.15, 0.2) is 30.5 Å². The van der Waals surface area contributed by atoms with Crippen molar-refractivity contribution >= 4 is 11.6 Å². The Balaban J connectivity index is 1.84. The SMILES string of the molecule is COc1ccccc1-n1ncc(OC2CCCCC2)c1Cl. The summed E-state index contributed by atoms with van der Waals surface area (Å²) in [5.41, 5.74) is 0.809. The summed E-state index contributed by atoms with van der Waals surface area (Å²) in [4.78, 5) is 0. The number of rotatable bonds is 4. The van der Waals surface area contributed by atoms with Crippen LogP contribution in [-0.4, -0.2) is 23.0 Å². The molecule has 112 valence electrons. The molecule has 0 unspecified atom stereocenters. The molecule has 5 heteroatoms. The molecule has 1 saturated carbocycles. The first-order valence-electron chi connectivity index (χ1n) is 7.33. The fourth-order valence-electron chi connectivity index (χ4n) is 2.73. The lowest BCUT2D eigenvalue weighted by Crippen LogP contribution is -2.19. The summed E-state index contributed by atoms with van der Waals surface area (Å²) in [5.74, 6) is 1.38. The van der Waals surface area contributed by atoms with Gasteiger partial charge in [-0.05, 0) is 37.8 Å². The molecule has 1 aliphatic rings. The lowest BCUT2D eigenvalue weighted by Gasteiger charge is -2.22. The Kier molecular flexibility index (Phi) is 4.34. The van der Waals surface area contributed by atoms with Crippen LogP contribution < -0.4 is 9.47 Å². The second-order valence-electron chi connectivity index (χ2n) is 5.26. The van der Waals surface area contributed by atoms with E-state index in [-0.39, 0.29) is 6.10 Å². The van der Waals surface area contributed by atoms with Crippen molar-refractivity contribution in [2.75, 3.05) is 7.11 Å². The third-order valence-corrected chi connectivity index (χ3v) is 4.19. The maximum Gasteiger partial charge on any atom is 0.177 e. The summed E-state index contributed by atoms with van der Waals surface area (Å²) in [7, 11) is 1.63. The van der Waals surface area contributed by atoms with Gasteiger partial charge in [0.1, 0.15) is 11.4 Å². The topological polar surface area (TPSA) is 36.3 Å². The van der Waals surface area contributed by atoms with Crippen molar-refractivity contribution in [1.82, 2.24) is 9.78 Å². The van der Waals surface area contributed by atoms with E-state index < -0.39 is 0 Å². The minimum absolute atomic E-state index is 0.256. The molecule has 4 nitrogen and oxygen atoms in total. The zero-order chi connectivity index (χ0) is 14.7. The van der Waals surface area contributed by atoms with Crippen molar-refractivity contribution in [1.29, 1.82) is 0 Å². The molecular weight excluding hydrogens is 288 g/mol. The maximum atomic E-state index is 6.43. The van der Waals surface area contributed by atoms with E-state index in [0.29, 0.717) is 10.9 Å². The molecule has 2 aromatic rings. The molecule has 0 saturated heterocycles. The number of benzene rings is 1. The quantitative estimate of drug-likeness (QED) is 0.847. The average molecular weight is 307 g/mol. The van der Waals surface area contributed by atoms with E-state index >= 15 is 0 Å². The molecule has 1 aliphatic carbocycles. The molecule has 3 rings (SSSR count). The van der Waals surface area contributed by atoms with E-state index in [0.717, 1.165) is 24.3 Å². The third-order valence-electron chi connectivity index (χ3n) is 3.84. The zero-order valence-electron chi connectivity index (χ0n) is 12.1. The number of aromatic nitrogens is 2. The number of hydrogen-bond acceptors (Lipinski definition) is 3. The van der Waals surface area contributed by atoms with Crippen LogP contribution in [0.4, 0.5) is 0 Å². The molecule has 1 fully saturated rings. The lowest BCUT2D eigenvalue weighted by molar-refractivity contribution is 0.155. The monoisotopic (exact) mass is 306 g/mol. The van der Waals surface area contributed by atoms with Crippen molar-refractivity contribution in [3.8, 4) is 17.2 Å². The number of para-hydroxylation sites is 2. The number of nitrogens with zero attached hydrogens (tertiary/aromatic N) is 2. The van der Waals surface area contributed by atoms with Crippen LogP contribution in [0.5, 0.6) is 11.5 Å². The summed E-state index contributed by atoms with van der Waals surface area (Å²) in [6.45, 7) is 0. The Bertz CT molecular complexity index is 606. The van der Waals surface area contributed by atoms with Crippen LogP contribution in [-0.2, 0) is 0 Å². The lowest BCUT2D eigenvalue weighted by atomic mass is 9.98. The van der Waals surface area contributed by atoms with Crippen LogP contribution in [0.3, 0.4) is 0 Å². The second kappa shape index (κ2) is 6.39. The van der Waals surface area contributed by atoms with Crippen LogP contribution in [0, 0.1) is 0 Å². The summed E-state index contributed by atoms with van der Waals surface area (Å²) in [6, 6.07) is 7.65. The van der Waals surface area contributed by atoms with Crippen molar-refractivity contribution in [3.05, 3.63) is 35.6 Å². The Labute approximate surface area is 129 Å². The van der Waals surface area contributed by atoms with Gasteiger partial charge in [0.2, 0.25) is 0 Å². The van der Waals surface area contributed by atoms with Gasteiger partial charge in [-0.3, -0.25) is 0 Å². The van der Waals surface area contributed by atoms with Crippen LogP contribution >= 0.6 is 11.6 Å². The average Bonchev–Trinajstić information content (AvgIpc) is 2.89.